The number of carbonyl (C=O) groups is 2. The molecule has 0 aliphatic heterocycles. The summed E-state index contributed by atoms with van der Waals surface area (Å²) in [6.07, 6.45) is 1.36. The van der Waals surface area contributed by atoms with Crippen molar-refractivity contribution in [1.29, 1.82) is 0 Å². The van der Waals surface area contributed by atoms with Crippen LogP contribution in [0.4, 0.5) is 0 Å². The van der Waals surface area contributed by atoms with E-state index in [9.17, 15) is 9.59 Å². The fraction of sp³-hybridized carbons (Fsp3) is 0.294. The van der Waals surface area contributed by atoms with Crippen LogP contribution < -0.4 is 0 Å². The van der Waals surface area contributed by atoms with E-state index in [0.29, 0.717) is 24.3 Å². The maximum Gasteiger partial charge on any atom is 0.307 e. The molecule has 0 fully saturated rings. The van der Waals surface area contributed by atoms with Crippen molar-refractivity contribution < 1.29 is 19.1 Å². The van der Waals surface area contributed by atoms with Crippen LogP contribution in [0.25, 0.3) is 16.6 Å². The molecular formula is C17H16N2O4. The van der Waals surface area contributed by atoms with E-state index in [-0.39, 0.29) is 6.61 Å². The lowest BCUT2D eigenvalue weighted by Crippen LogP contribution is -2.11. The van der Waals surface area contributed by atoms with Crippen LogP contribution in [0.5, 0.6) is 0 Å². The summed E-state index contributed by atoms with van der Waals surface area (Å²) in [6.45, 7) is 2.54. The van der Waals surface area contributed by atoms with Crippen LogP contribution >= 0.6 is 0 Å². The van der Waals surface area contributed by atoms with Crippen LogP contribution in [-0.2, 0) is 25.5 Å². The zero-order valence-electron chi connectivity index (χ0n) is 13.0. The van der Waals surface area contributed by atoms with Crippen LogP contribution in [0, 0.1) is 0 Å². The van der Waals surface area contributed by atoms with Crippen molar-refractivity contribution in [2.45, 2.75) is 26.7 Å². The zero-order valence-corrected chi connectivity index (χ0v) is 13.0. The topological polar surface area (TPSA) is 78.4 Å². The van der Waals surface area contributed by atoms with Gasteiger partial charge in [-0.25, -0.2) is 9.97 Å². The van der Waals surface area contributed by atoms with Crippen LogP contribution in [0.1, 0.15) is 31.7 Å². The Kier molecular flexibility index (Phi) is 4.06. The molecule has 0 saturated carbocycles. The molecule has 0 atom stereocenters. The molecule has 1 aromatic heterocycles. The Morgan fingerprint density at radius 3 is 2.39 bits per heavy atom. The average Bonchev–Trinajstić information content (AvgIpc) is 2.91. The van der Waals surface area contributed by atoms with Crippen molar-refractivity contribution in [3.05, 3.63) is 41.4 Å². The molecule has 0 spiro atoms. The van der Waals surface area contributed by atoms with Gasteiger partial charge in [-0.05, 0) is 25.0 Å². The van der Waals surface area contributed by atoms with Crippen molar-refractivity contribution >= 4 is 28.5 Å². The summed E-state index contributed by atoms with van der Waals surface area (Å²) in [5.41, 5.74) is 3.97. The second-order valence-corrected chi connectivity index (χ2v) is 5.28. The number of hydrogen-bond donors (Lipinski definition) is 0. The third kappa shape index (κ3) is 3.21. The van der Waals surface area contributed by atoms with Gasteiger partial charge in [-0.1, -0.05) is 12.1 Å². The molecule has 1 aliphatic carbocycles. The summed E-state index contributed by atoms with van der Waals surface area (Å²) in [7, 11) is 0. The normalized spacial score (nSPS) is 15.2. The number of nitrogens with zero attached hydrogens (tertiary/aromatic N) is 2. The number of aromatic nitrogens is 2. The van der Waals surface area contributed by atoms with E-state index in [2.05, 4.69) is 9.97 Å². The number of ether oxygens (including phenoxy) is 2. The molecule has 3 rings (SSSR count). The number of para-hydroxylation sites is 2. The number of aryl methyl sites for hydroxylation is 1. The Labute approximate surface area is 133 Å². The molecule has 0 unspecified atom stereocenters. The lowest BCUT2D eigenvalue weighted by Gasteiger charge is -2.11. The summed E-state index contributed by atoms with van der Waals surface area (Å²) < 4.78 is 10.2. The lowest BCUT2D eigenvalue weighted by atomic mass is 10.1. The minimum absolute atomic E-state index is 0.0851. The smallest absolute Gasteiger partial charge is 0.307 e. The third-order valence-electron chi connectivity index (χ3n) is 3.55. The molecule has 0 bridgehead atoms. The molecule has 23 heavy (non-hydrogen) atoms. The van der Waals surface area contributed by atoms with Crippen LogP contribution in [0.2, 0.25) is 0 Å². The quantitative estimate of drug-likeness (QED) is 0.640. The van der Waals surface area contributed by atoms with Gasteiger partial charge in [0.1, 0.15) is 6.61 Å². The molecule has 6 nitrogen and oxygen atoms in total. The third-order valence-corrected chi connectivity index (χ3v) is 3.55. The molecular weight excluding hydrogens is 296 g/mol. The Balaban J connectivity index is 2.06. The molecule has 0 radical (unpaired) electrons. The van der Waals surface area contributed by atoms with Crippen LogP contribution in [0.15, 0.2) is 30.0 Å². The largest absolute Gasteiger partial charge is 0.458 e. The summed E-state index contributed by atoms with van der Waals surface area (Å²) in [5.74, 6) is -0.559. The molecule has 0 saturated heterocycles. The highest BCUT2D eigenvalue weighted by atomic mass is 16.6. The molecule has 2 aromatic rings. The van der Waals surface area contributed by atoms with Gasteiger partial charge in [0.2, 0.25) is 0 Å². The Morgan fingerprint density at radius 1 is 1.04 bits per heavy atom. The van der Waals surface area contributed by atoms with Gasteiger partial charge >= 0.3 is 11.9 Å². The first-order chi connectivity index (χ1) is 11.0. The fourth-order valence-corrected chi connectivity index (χ4v) is 2.60. The number of esters is 2. The van der Waals surface area contributed by atoms with E-state index in [1.165, 1.54) is 13.8 Å². The van der Waals surface area contributed by atoms with Gasteiger partial charge in [0.15, 0.2) is 5.76 Å². The number of carbonyl (C=O) groups excluding carboxylic acids is 2. The zero-order chi connectivity index (χ0) is 16.4. The van der Waals surface area contributed by atoms with Crippen molar-refractivity contribution in [2.24, 2.45) is 0 Å². The number of benzene rings is 1. The van der Waals surface area contributed by atoms with Gasteiger partial charge in [0.05, 0.1) is 22.4 Å². The highest BCUT2D eigenvalue weighted by Gasteiger charge is 2.25. The van der Waals surface area contributed by atoms with E-state index in [1.807, 2.05) is 24.3 Å². The standard InChI is InChI=1S/C17H16N2O4/c1-10(20)22-9-16(23-11(2)21)12-7-8-15-17(12)19-14-6-4-3-5-13(14)18-15/h3-6H,7-9H2,1-2H3/b16-12+. The first kappa shape index (κ1) is 15.1. The van der Waals surface area contributed by atoms with Gasteiger partial charge in [-0.3, -0.25) is 9.59 Å². The van der Waals surface area contributed by atoms with Gasteiger partial charge in [0.25, 0.3) is 0 Å². The van der Waals surface area contributed by atoms with Crippen molar-refractivity contribution in [1.82, 2.24) is 9.97 Å². The summed E-state index contributed by atoms with van der Waals surface area (Å²) in [5, 5.41) is 0. The summed E-state index contributed by atoms with van der Waals surface area (Å²) in [6, 6.07) is 7.61. The lowest BCUT2D eigenvalue weighted by molar-refractivity contribution is -0.145. The van der Waals surface area contributed by atoms with Gasteiger partial charge in [-0.15, -0.1) is 0 Å². The van der Waals surface area contributed by atoms with Crippen LogP contribution in [0.3, 0.4) is 0 Å². The van der Waals surface area contributed by atoms with Gasteiger partial charge in [-0.2, -0.15) is 0 Å². The van der Waals surface area contributed by atoms with Crippen LogP contribution in [-0.4, -0.2) is 28.5 Å². The first-order valence-corrected chi connectivity index (χ1v) is 7.34. The molecule has 6 heteroatoms. The van der Waals surface area contributed by atoms with Gasteiger partial charge < -0.3 is 9.47 Å². The monoisotopic (exact) mass is 312 g/mol. The molecule has 0 N–H and O–H groups in total. The van der Waals surface area contributed by atoms with E-state index in [1.54, 1.807) is 0 Å². The van der Waals surface area contributed by atoms with Crippen molar-refractivity contribution in [2.75, 3.05) is 6.61 Å². The Hall–Kier alpha value is -2.76. The fourth-order valence-electron chi connectivity index (χ4n) is 2.60. The first-order valence-electron chi connectivity index (χ1n) is 7.34. The molecule has 118 valence electrons. The molecule has 1 aromatic carbocycles. The number of allylic oxidation sites excluding steroid dienone is 1. The molecule has 0 amide bonds. The number of rotatable bonds is 3. The molecule has 1 aliphatic rings. The maximum absolute atomic E-state index is 11.3. The minimum atomic E-state index is -0.457. The summed E-state index contributed by atoms with van der Waals surface area (Å²) >= 11 is 0. The second kappa shape index (κ2) is 6.16. The van der Waals surface area contributed by atoms with E-state index in [4.69, 9.17) is 9.47 Å². The predicted molar refractivity (Wildman–Crippen MR) is 83.2 cm³/mol. The van der Waals surface area contributed by atoms with E-state index >= 15 is 0 Å². The maximum atomic E-state index is 11.3. The number of fused-ring (bicyclic) bond motifs is 2. The predicted octanol–water partition coefficient (Wildman–Crippen LogP) is 2.41. The molecule has 1 heterocycles. The Bertz CT molecular complexity index is 826. The van der Waals surface area contributed by atoms with E-state index in [0.717, 1.165) is 22.3 Å². The average molecular weight is 312 g/mol. The Morgan fingerprint density at radius 2 is 1.74 bits per heavy atom. The highest BCUT2D eigenvalue weighted by molar-refractivity contribution is 5.81. The van der Waals surface area contributed by atoms with Crippen molar-refractivity contribution in [3.63, 3.8) is 0 Å². The highest BCUT2D eigenvalue weighted by Crippen LogP contribution is 2.33. The second-order valence-electron chi connectivity index (χ2n) is 5.28. The van der Waals surface area contributed by atoms with Gasteiger partial charge in [0, 0.05) is 19.4 Å². The minimum Gasteiger partial charge on any atom is -0.458 e. The van der Waals surface area contributed by atoms with Crippen molar-refractivity contribution in [3.8, 4) is 0 Å². The summed E-state index contributed by atoms with van der Waals surface area (Å²) in [4.78, 5) is 31.7. The van der Waals surface area contributed by atoms with E-state index < -0.39 is 11.9 Å². The number of hydrogen-bond acceptors (Lipinski definition) is 6. The SMILES string of the molecule is CC(=O)OC/C(OC(C)=O)=C1/CCc2nc3ccccc3nc21.